The molecule has 6 nitrogen and oxygen atoms in total. The van der Waals surface area contributed by atoms with Crippen LogP contribution in [-0.2, 0) is 10.0 Å². The number of hydrogen-bond donors (Lipinski definition) is 2. The number of rotatable bonds is 8. The monoisotopic (exact) mass is 424 g/mol. The van der Waals surface area contributed by atoms with Gasteiger partial charge in [0.2, 0.25) is 0 Å². The van der Waals surface area contributed by atoms with E-state index in [0.29, 0.717) is 30.0 Å². The van der Waals surface area contributed by atoms with Crippen LogP contribution in [0, 0.1) is 13.8 Å². The minimum absolute atomic E-state index is 0.160. The molecule has 30 heavy (non-hydrogen) atoms. The second-order valence-electron chi connectivity index (χ2n) is 6.87. The molecule has 156 valence electrons. The number of hydrogen-bond acceptors (Lipinski definition) is 4. The van der Waals surface area contributed by atoms with E-state index >= 15 is 0 Å². The number of benzene rings is 3. The first-order valence-corrected chi connectivity index (χ1v) is 11.0. The first kappa shape index (κ1) is 21.4. The van der Waals surface area contributed by atoms with Crippen LogP contribution in [0.15, 0.2) is 77.7 Å². The topological polar surface area (TPSA) is 84.5 Å². The molecule has 0 radical (unpaired) electrons. The molecule has 0 aliphatic carbocycles. The van der Waals surface area contributed by atoms with E-state index < -0.39 is 10.0 Å². The second-order valence-corrected chi connectivity index (χ2v) is 8.55. The fourth-order valence-corrected chi connectivity index (χ4v) is 3.89. The molecule has 0 bridgehead atoms. The first-order valence-electron chi connectivity index (χ1n) is 9.51. The minimum atomic E-state index is -3.73. The van der Waals surface area contributed by atoms with E-state index in [1.807, 2.05) is 31.2 Å². The molecule has 0 fully saturated rings. The Hall–Kier alpha value is -3.32. The van der Waals surface area contributed by atoms with Crippen LogP contribution in [0.3, 0.4) is 0 Å². The molecule has 0 unspecified atom stereocenters. The van der Waals surface area contributed by atoms with Gasteiger partial charge in [0.25, 0.3) is 15.9 Å². The van der Waals surface area contributed by atoms with E-state index in [9.17, 15) is 13.2 Å². The quantitative estimate of drug-likeness (QED) is 0.537. The smallest absolute Gasteiger partial charge is 0.261 e. The molecular weight excluding hydrogens is 400 g/mol. The summed E-state index contributed by atoms with van der Waals surface area (Å²) >= 11 is 0. The molecule has 0 aliphatic heterocycles. The van der Waals surface area contributed by atoms with Gasteiger partial charge in [-0.3, -0.25) is 9.52 Å². The lowest BCUT2D eigenvalue weighted by Crippen LogP contribution is -2.28. The number of carbonyl (C=O) groups is 1. The van der Waals surface area contributed by atoms with Gasteiger partial charge in [-0.25, -0.2) is 8.42 Å². The van der Waals surface area contributed by atoms with Crippen molar-refractivity contribution in [2.45, 2.75) is 18.7 Å². The standard InChI is InChI=1S/C23H24N2O4S/c1-17-8-12-20(13-9-17)29-15-14-24-23(26)19-11-10-18(2)22(16-19)25-30(27,28)21-6-4-3-5-7-21/h3-13,16,25H,14-15H2,1-2H3,(H,24,26). The van der Waals surface area contributed by atoms with Crippen molar-refractivity contribution in [3.05, 3.63) is 89.5 Å². The van der Waals surface area contributed by atoms with Crippen molar-refractivity contribution >= 4 is 21.6 Å². The number of ether oxygens (including phenoxy) is 1. The van der Waals surface area contributed by atoms with E-state index in [0.717, 1.165) is 11.3 Å². The van der Waals surface area contributed by atoms with Gasteiger partial charge < -0.3 is 10.1 Å². The van der Waals surface area contributed by atoms with Crippen molar-refractivity contribution in [1.29, 1.82) is 0 Å². The van der Waals surface area contributed by atoms with Gasteiger partial charge in [0, 0.05) is 5.56 Å². The summed E-state index contributed by atoms with van der Waals surface area (Å²) in [6, 6.07) is 20.7. The van der Waals surface area contributed by atoms with E-state index in [1.165, 1.54) is 18.2 Å². The van der Waals surface area contributed by atoms with E-state index in [4.69, 9.17) is 4.74 Å². The molecule has 3 aromatic carbocycles. The Morgan fingerprint density at radius 1 is 0.933 bits per heavy atom. The fraction of sp³-hybridized carbons (Fsp3) is 0.174. The number of aryl methyl sites for hydroxylation is 2. The molecule has 7 heteroatoms. The number of carbonyl (C=O) groups excluding carboxylic acids is 1. The number of amides is 1. The van der Waals surface area contributed by atoms with Gasteiger partial charge in [-0.2, -0.15) is 0 Å². The van der Waals surface area contributed by atoms with Crippen molar-refractivity contribution in [3.8, 4) is 5.75 Å². The van der Waals surface area contributed by atoms with Crippen LogP contribution >= 0.6 is 0 Å². The number of anilines is 1. The van der Waals surface area contributed by atoms with Gasteiger partial charge in [0.1, 0.15) is 12.4 Å². The number of sulfonamides is 1. The van der Waals surface area contributed by atoms with Crippen molar-refractivity contribution in [2.75, 3.05) is 17.9 Å². The summed E-state index contributed by atoms with van der Waals surface area (Å²) in [5.41, 5.74) is 2.59. The molecule has 3 aromatic rings. The predicted octanol–water partition coefficient (Wildman–Crippen LogP) is 3.91. The van der Waals surface area contributed by atoms with Gasteiger partial charge in [-0.15, -0.1) is 0 Å². The highest BCUT2D eigenvalue weighted by Crippen LogP contribution is 2.21. The molecule has 0 saturated carbocycles. The zero-order valence-corrected chi connectivity index (χ0v) is 17.7. The van der Waals surface area contributed by atoms with Gasteiger partial charge in [-0.05, 0) is 55.8 Å². The van der Waals surface area contributed by atoms with Crippen molar-refractivity contribution in [2.24, 2.45) is 0 Å². The highest BCUT2D eigenvalue weighted by molar-refractivity contribution is 7.92. The summed E-state index contributed by atoms with van der Waals surface area (Å²) in [5, 5.41) is 2.78. The van der Waals surface area contributed by atoms with Crippen LogP contribution in [0.2, 0.25) is 0 Å². The molecule has 0 atom stereocenters. The molecule has 0 aromatic heterocycles. The normalized spacial score (nSPS) is 11.0. The lowest BCUT2D eigenvalue weighted by molar-refractivity contribution is 0.0947. The average molecular weight is 425 g/mol. The molecule has 3 rings (SSSR count). The maximum Gasteiger partial charge on any atom is 0.261 e. The maximum atomic E-state index is 12.6. The van der Waals surface area contributed by atoms with Crippen LogP contribution in [0.5, 0.6) is 5.75 Å². The lowest BCUT2D eigenvalue weighted by atomic mass is 10.1. The second kappa shape index (κ2) is 9.45. The molecule has 0 saturated heterocycles. The highest BCUT2D eigenvalue weighted by Gasteiger charge is 2.16. The van der Waals surface area contributed by atoms with Crippen molar-refractivity contribution < 1.29 is 17.9 Å². The van der Waals surface area contributed by atoms with Crippen LogP contribution in [-0.4, -0.2) is 27.5 Å². The Kier molecular flexibility index (Phi) is 6.74. The third kappa shape index (κ3) is 5.61. The van der Waals surface area contributed by atoms with E-state index in [1.54, 1.807) is 37.3 Å². The van der Waals surface area contributed by atoms with Gasteiger partial charge in [-0.1, -0.05) is 42.0 Å². The Balaban J connectivity index is 1.61. The Morgan fingerprint density at radius 3 is 2.33 bits per heavy atom. The highest BCUT2D eigenvalue weighted by atomic mass is 32.2. The Bertz CT molecular complexity index is 1110. The van der Waals surface area contributed by atoms with Crippen LogP contribution in [0.25, 0.3) is 0 Å². The van der Waals surface area contributed by atoms with E-state index in [-0.39, 0.29) is 10.8 Å². The third-order valence-corrected chi connectivity index (χ3v) is 5.86. The lowest BCUT2D eigenvalue weighted by Gasteiger charge is -2.13. The summed E-state index contributed by atoms with van der Waals surface area (Å²) in [7, 11) is -3.73. The SMILES string of the molecule is Cc1ccc(OCCNC(=O)c2ccc(C)c(NS(=O)(=O)c3ccccc3)c2)cc1. The Labute approximate surface area is 177 Å². The summed E-state index contributed by atoms with van der Waals surface area (Å²) in [6.07, 6.45) is 0. The number of nitrogens with one attached hydrogen (secondary N) is 2. The fourth-order valence-electron chi connectivity index (χ4n) is 2.75. The molecule has 1 amide bonds. The summed E-state index contributed by atoms with van der Waals surface area (Å²) < 4.78 is 33.3. The van der Waals surface area contributed by atoms with Gasteiger partial charge in [0.05, 0.1) is 17.1 Å². The zero-order valence-electron chi connectivity index (χ0n) is 16.9. The average Bonchev–Trinajstić information content (AvgIpc) is 2.74. The summed E-state index contributed by atoms with van der Waals surface area (Å²) in [4.78, 5) is 12.6. The largest absolute Gasteiger partial charge is 0.492 e. The maximum absolute atomic E-state index is 12.6. The van der Waals surface area contributed by atoms with Crippen LogP contribution in [0.4, 0.5) is 5.69 Å². The van der Waals surface area contributed by atoms with Crippen molar-refractivity contribution in [3.63, 3.8) is 0 Å². The van der Waals surface area contributed by atoms with Gasteiger partial charge in [0.15, 0.2) is 0 Å². The van der Waals surface area contributed by atoms with Crippen LogP contribution < -0.4 is 14.8 Å². The summed E-state index contributed by atoms with van der Waals surface area (Å²) in [6.45, 7) is 4.43. The molecule has 2 N–H and O–H groups in total. The molecule has 0 heterocycles. The van der Waals surface area contributed by atoms with Gasteiger partial charge >= 0.3 is 0 Å². The molecular formula is C23H24N2O4S. The third-order valence-electron chi connectivity index (χ3n) is 4.47. The van der Waals surface area contributed by atoms with Crippen molar-refractivity contribution in [1.82, 2.24) is 5.32 Å². The predicted molar refractivity (Wildman–Crippen MR) is 117 cm³/mol. The van der Waals surface area contributed by atoms with E-state index in [2.05, 4.69) is 10.0 Å². The minimum Gasteiger partial charge on any atom is -0.492 e. The first-order chi connectivity index (χ1) is 14.3. The molecule has 0 spiro atoms. The molecule has 0 aliphatic rings. The summed E-state index contributed by atoms with van der Waals surface area (Å²) in [5.74, 6) is 0.436. The zero-order chi connectivity index (χ0) is 21.6. The Morgan fingerprint density at radius 2 is 1.63 bits per heavy atom. The van der Waals surface area contributed by atoms with Crippen LogP contribution in [0.1, 0.15) is 21.5 Å².